The van der Waals surface area contributed by atoms with Crippen molar-refractivity contribution in [3.63, 3.8) is 0 Å². The van der Waals surface area contributed by atoms with Crippen LogP contribution in [0.3, 0.4) is 0 Å². The Bertz CT molecular complexity index is 583. The third-order valence-electron chi connectivity index (χ3n) is 5.97. The largest absolute Gasteiger partial charge is 0.396 e. The second-order valence-corrected chi connectivity index (χ2v) is 7.48. The lowest BCUT2D eigenvalue weighted by atomic mass is 9.75. The van der Waals surface area contributed by atoms with Crippen LogP contribution in [-0.4, -0.2) is 74.6 Å². The maximum atomic E-state index is 12.8. The normalized spacial score (nSPS) is 32.5. The van der Waals surface area contributed by atoms with Gasteiger partial charge in [0.2, 0.25) is 5.91 Å². The van der Waals surface area contributed by atoms with Gasteiger partial charge in [0.05, 0.1) is 18.2 Å². The average molecular weight is 333 g/mol. The predicted molar refractivity (Wildman–Crippen MR) is 88.2 cm³/mol. The maximum absolute atomic E-state index is 12.8. The summed E-state index contributed by atoms with van der Waals surface area (Å²) in [5.74, 6) is 1.12. The molecule has 4 aliphatic rings. The molecule has 1 aromatic heterocycles. The van der Waals surface area contributed by atoms with E-state index in [-0.39, 0.29) is 12.5 Å². The molecule has 24 heavy (non-hydrogen) atoms. The minimum Gasteiger partial charge on any atom is -0.396 e. The van der Waals surface area contributed by atoms with Crippen molar-refractivity contribution in [2.75, 3.05) is 32.8 Å². The average Bonchev–Trinajstić information content (AvgIpc) is 3.27. The third-order valence-corrected chi connectivity index (χ3v) is 5.97. The molecule has 132 valence electrons. The second-order valence-electron chi connectivity index (χ2n) is 7.48. The number of likely N-dealkylation sites (tertiary alicyclic amines) is 1. The minimum atomic E-state index is 0.108. The van der Waals surface area contributed by atoms with Crippen molar-refractivity contribution >= 4 is 5.91 Å². The van der Waals surface area contributed by atoms with Crippen LogP contribution in [-0.2, 0) is 17.8 Å². The van der Waals surface area contributed by atoms with Gasteiger partial charge in [-0.3, -0.25) is 14.4 Å². The highest BCUT2D eigenvalue weighted by Gasteiger charge is 2.44. The van der Waals surface area contributed by atoms with Crippen LogP contribution in [0.5, 0.6) is 0 Å². The minimum absolute atomic E-state index is 0.108. The third kappa shape index (κ3) is 3.07. The van der Waals surface area contributed by atoms with Gasteiger partial charge >= 0.3 is 0 Å². The van der Waals surface area contributed by atoms with Crippen LogP contribution < -0.4 is 0 Å². The number of aromatic nitrogens is 3. The Morgan fingerprint density at radius 1 is 1.29 bits per heavy atom. The van der Waals surface area contributed by atoms with E-state index in [0.29, 0.717) is 24.3 Å². The molecule has 4 saturated heterocycles. The fraction of sp³-hybridized carbons (Fsp3) is 0.824. The van der Waals surface area contributed by atoms with E-state index in [4.69, 9.17) is 5.11 Å². The zero-order valence-corrected chi connectivity index (χ0v) is 14.2. The van der Waals surface area contributed by atoms with Gasteiger partial charge in [-0.2, -0.15) is 0 Å². The number of carbonyl (C=O) groups is 1. The molecule has 2 bridgehead atoms. The van der Waals surface area contributed by atoms with Crippen LogP contribution in [0.15, 0.2) is 6.20 Å². The van der Waals surface area contributed by atoms with Crippen molar-refractivity contribution in [2.24, 2.45) is 11.8 Å². The number of hydrogen-bond donors (Lipinski definition) is 1. The number of rotatable bonds is 5. The van der Waals surface area contributed by atoms with E-state index in [1.54, 1.807) is 0 Å². The quantitative estimate of drug-likeness (QED) is 0.830. The zero-order chi connectivity index (χ0) is 16.5. The molecule has 4 aliphatic heterocycles. The number of amides is 1. The molecular weight excluding hydrogens is 306 g/mol. The Hall–Kier alpha value is -1.47. The number of nitrogens with zero attached hydrogens (tertiary/aromatic N) is 5. The molecular formula is C17H27N5O2. The molecule has 0 saturated carbocycles. The van der Waals surface area contributed by atoms with E-state index in [0.717, 1.165) is 64.1 Å². The molecule has 1 unspecified atom stereocenters. The van der Waals surface area contributed by atoms with Crippen LogP contribution >= 0.6 is 0 Å². The van der Waals surface area contributed by atoms with Gasteiger partial charge in [0.1, 0.15) is 0 Å². The lowest BCUT2D eigenvalue weighted by Crippen LogP contribution is -2.58. The molecule has 5 rings (SSSR count). The predicted octanol–water partition coefficient (Wildman–Crippen LogP) is 0.146. The van der Waals surface area contributed by atoms with Crippen LogP contribution in [0, 0.1) is 11.8 Å². The van der Waals surface area contributed by atoms with E-state index in [9.17, 15) is 4.79 Å². The van der Waals surface area contributed by atoms with Gasteiger partial charge in [-0.15, -0.1) is 5.10 Å². The molecule has 7 heteroatoms. The fourth-order valence-electron chi connectivity index (χ4n) is 4.65. The van der Waals surface area contributed by atoms with Crippen molar-refractivity contribution in [3.05, 3.63) is 11.9 Å². The molecule has 7 nitrogen and oxygen atoms in total. The summed E-state index contributed by atoms with van der Waals surface area (Å²) in [4.78, 5) is 17.3. The molecule has 0 radical (unpaired) electrons. The molecule has 4 atom stereocenters. The smallest absolute Gasteiger partial charge is 0.227 e. The Balaban J connectivity index is 1.38. The molecule has 0 aliphatic carbocycles. The van der Waals surface area contributed by atoms with Gasteiger partial charge in [0.25, 0.3) is 0 Å². The van der Waals surface area contributed by atoms with E-state index < -0.39 is 0 Å². The van der Waals surface area contributed by atoms with E-state index in [1.807, 2.05) is 10.9 Å². The monoisotopic (exact) mass is 333 g/mol. The Labute approximate surface area is 142 Å². The summed E-state index contributed by atoms with van der Waals surface area (Å²) in [6, 6.07) is 0.454. The van der Waals surface area contributed by atoms with Gasteiger partial charge in [0.15, 0.2) is 0 Å². The first kappa shape index (κ1) is 16.0. The number of carbonyl (C=O) groups excluding carboxylic acids is 1. The Morgan fingerprint density at radius 3 is 2.83 bits per heavy atom. The van der Waals surface area contributed by atoms with Gasteiger partial charge in [0, 0.05) is 44.9 Å². The van der Waals surface area contributed by atoms with Gasteiger partial charge in [-0.1, -0.05) is 5.21 Å². The van der Waals surface area contributed by atoms with E-state index in [2.05, 4.69) is 20.1 Å². The van der Waals surface area contributed by atoms with Gasteiger partial charge in [-0.25, -0.2) is 0 Å². The maximum Gasteiger partial charge on any atom is 0.227 e. The van der Waals surface area contributed by atoms with Crippen LogP contribution in [0.2, 0.25) is 0 Å². The van der Waals surface area contributed by atoms with Crippen LogP contribution in [0.1, 0.15) is 31.4 Å². The summed E-state index contributed by atoms with van der Waals surface area (Å²) in [5, 5.41) is 17.3. The SMILES string of the molecule is O=C([C@H]1CN2CC[C@@H]1C[C@@H]2Cn1cc(CCO)nn1)N1CCCC1. The molecule has 1 aromatic rings. The summed E-state index contributed by atoms with van der Waals surface area (Å²) in [6.07, 6.45) is 7.05. The van der Waals surface area contributed by atoms with Crippen molar-refractivity contribution in [1.29, 1.82) is 0 Å². The standard InChI is InChI=1S/C17H27N5O2/c23-8-4-14-10-22(19-18-14)11-15-9-13-3-7-21(15)12-16(13)17(24)20-5-1-2-6-20/h10,13,15-16,23H,1-9,11-12H2/t13-,15-,16+/m1/s1. The second kappa shape index (κ2) is 6.80. The van der Waals surface area contributed by atoms with Gasteiger partial charge in [-0.05, 0) is 38.1 Å². The zero-order valence-electron chi connectivity index (χ0n) is 14.2. The molecule has 1 N–H and O–H groups in total. The van der Waals surface area contributed by atoms with Crippen molar-refractivity contribution < 1.29 is 9.90 Å². The van der Waals surface area contributed by atoms with Crippen LogP contribution in [0.25, 0.3) is 0 Å². The first-order chi connectivity index (χ1) is 11.7. The summed E-state index contributed by atoms with van der Waals surface area (Å²) >= 11 is 0. The molecule has 5 heterocycles. The lowest BCUT2D eigenvalue weighted by Gasteiger charge is -2.49. The van der Waals surface area contributed by atoms with Crippen molar-refractivity contribution in [3.8, 4) is 0 Å². The number of aliphatic hydroxyl groups is 1. The number of fused-ring (bicyclic) bond motifs is 3. The molecule has 0 spiro atoms. The molecule has 0 aromatic carbocycles. The number of hydrogen-bond acceptors (Lipinski definition) is 5. The Morgan fingerprint density at radius 2 is 2.12 bits per heavy atom. The molecule has 4 fully saturated rings. The first-order valence-electron chi connectivity index (χ1n) is 9.27. The summed E-state index contributed by atoms with van der Waals surface area (Å²) in [5.41, 5.74) is 0.843. The lowest BCUT2D eigenvalue weighted by molar-refractivity contribution is -0.142. The highest BCUT2D eigenvalue weighted by Crippen LogP contribution is 2.38. The first-order valence-corrected chi connectivity index (χ1v) is 9.27. The van der Waals surface area contributed by atoms with E-state index >= 15 is 0 Å². The summed E-state index contributed by atoms with van der Waals surface area (Å²) in [6.45, 7) is 4.85. The summed E-state index contributed by atoms with van der Waals surface area (Å²) < 4.78 is 1.90. The van der Waals surface area contributed by atoms with Crippen LogP contribution in [0.4, 0.5) is 0 Å². The van der Waals surface area contributed by atoms with Gasteiger partial charge < -0.3 is 10.0 Å². The van der Waals surface area contributed by atoms with E-state index in [1.165, 1.54) is 0 Å². The number of piperidine rings is 3. The molecule has 1 amide bonds. The highest BCUT2D eigenvalue weighted by atomic mass is 16.3. The van der Waals surface area contributed by atoms with Crippen molar-refractivity contribution in [2.45, 2.75) is 44.7 Å². The summed E-state index contributed by atoms with van der Waals surface area (Å²) in [7, 11) is 0. The fourth-order valence-corrected chi connectivity index (χ4v) is 4.65. The Kier molecular flexibility index (Phi) is 4.54. The number of aliphatic hydroxyl groups excluding tert-OH is 1. The highest BCUT2D eigenvalue weighted by molar-refractivity contribution is 5.80. The van der Waals surface area contributed by atoms with Crippen molar-refractivity contribution in [1.82, 2.24) is 24.8 Å². The topological polar surface area (TPSA) is 74.5 Å².